The molecule has 0 bridgehead atoms. The summed E-state index contributed by atoms with van der Waals surface area (Å²) < 4.78 is 9.33. The number of benzene rings is 1. The maximum absolute atomic E-state index is 9.80. The second kappa shape index (κ2) is 32.3. The second-order valence-corrected chi connectivity index (χ2v) is 36.5. The predicted octanol–water partition coefficient (Wildman–Crippen LogP) is 24.5. The molecule has 96 heavy (non-hydrogen) atoms. The van der Waals surface area contributed by atoms with Crippen molar-refractivity contribution in [3.05, 3.63) is 213 Å². The standard InChI is InChI=1S/C22H19N3S4.C22H17N3S4.C20H19NS4.C10H11NS2/c1-12-8-10-26-21(12)15-4-5-16(20-19(15)24-29-25-20)22-13(2)11-18(28-22)17-6-3-14(27-17)7-9-23;1-12-7-9-26-19(12)21-15(11-24)18(25-3)22(29-21)20-13(2)10-17(28-20)16-5-4-14(27-16)6-8-23;1-12-8-10-22-19(12)16-5-6-17(24-16)20-13(2)11-18(25-20)15-4-3-14(23-15)7-9-21;11-6-5-8-3-4-10(13-8)9-2-1-7-12-9/h3-6,8,10-11H,7,9,23H2,1-2H3;4-5,7,9-10H,6,8,23H2,1-2H3;3-6,8,10-11H,7,9,21H2,1-2H3;1-4,7H,5-6,11H2. The fraction of sp³-hybridized carbons (Fsp3) is 0.189. The van der Waals surface area contributed by atoms with Crippen molar-refractivity contribution >= 4 is 176 Å². The SMILES string of the molecule is Cc1ccsc1-c1ccc(-c2sc(-c3ccc(CCN)s3)cc2C)c2nsnc12.Cc1ccsc1-c1ccc(-c2sc(-c3ccc(CCN)s3)cc2C)s1.NCCc1ccc(-c2cccs2)s1.[C-]#[N+]c1c(-c2sc(-c3ccc(CCN)s3)cc2C)sc(-c2sccc2C)c1C#N. The Kier molecular flexibility index (Phi) is 23.5. The summed E-state index contributed by atoms with van der Waals surface area (Å²) in [6.07, 6.45) is 3.80. The van der Waals surface area contributed by atoms with E-state index in [4.69, 9.17) is 29.5 Å². The van der Waals surface area contributed by atoms with Crippen molar-refractivity contribution in [2.75, 3.05) is 26.2 Å². The highest BCUT2D eigenvalue weighted by Crippen LogP contribution is 2.53. The van der Waals surface area contributed by atoms with Gasteiger partial charge in [0.05, 0.1) is 39.7 Å². The van der Waals surface area contributed by atoms with Crippen molar-refractivity contribution in [3.63, 3.8) is 0 Å². The van der Waals surface area contributed by atoms with Crippen LogP contribution in [0.4, 0.5) is 5.69 Å². The van der Waals surface area contributed by atoms with E-state index in [2.05, 4.69) is 192 Å². The molecule has 1 aromatic carbocycles. The molecule has 0 saturated carbocycles. The molecule has 0 aliphatic heterocycles. The quantitative estimate of drug-likeness (QED) is 0.0623. The van der Waals surface area contributed by atoms with Crippen LogP contribution in [0.25, 0.3) is 115 Å². The number of hydrogen-bond donors (Lipinski definition) is 4. The lowest BCUT2D eigenvalue weighted by atomic mass is 10.0. The van der Waals surface area contributed by atoms with Gasteiger partial charge in [-0.1, -0.05) is 18.2 Å². The molecule has 0 amide bonds. The van der Waals surface area contributed by atoms with Gasteiger partial charge in [0.25, 0.3) is 0 Å². The molecule has 14 heterocycles. The zero-order valence-electron chi connectivity index (χ0n) is 53.3. The van der Waals surface area contributed by atoms with Crippen LogP contribution < -0.4 is 22.9 Å². The Balaban J connectivity index is 0.000000126. The molecule has 22 heteroatoms. The van der Waals surface area contributed by atoms with Gasteiger partial charge < -0.3 is 22.9 Å². The van der Waals surface area contributed by atoms with Gasteiger partial charge >= 0.3 is 0 Å². The second-order valence-electron chi connectivity index (χ2n) is 22.4. The van der Waals surface area contributed by atoms with Crippen LogP contribution in [0.2, 0.25) is 0 Å². The van der Waals surface area contributed by atoms with Gasteiger partial charge in [-0.05, 0) is 251 Å². The van der Waals surface area contributed by atoms with E-state index in [0.29, 0.717) is 24.3 Å². The van der Waals surface area contributed by atoms with Crippen LogP contribution in [0.15, 0.2) is 143 Å². The molecule has 14 aromatic heterocycles. The molecule has 0 aliphatic carbocycles. The first-order chi connectivity index (χ1) is 46.8. The topological polar surface area (TPSA) is 158 Å². The van der Waals surface area contributed by atoms with Crippen LogP contribution in [0.1, 0.15) is 58.5 Å². The van der Waals surface area contributed by atoms with Crippen LogP contribution >= 0.6 is 159 Å². The fourth-order valence-corrected chi connectivity index (χ4v) is 25.8. The van der Waals surface area contributed by atoms with Gasteiger partial charge in [0.1, 0.15) is 11.0 Å². The van der Waals surface area contributed by atoms with Crippen molar-refractivity contribution < 1.29 is 0 Å². The first-order valence-corrected chi connectivity index (χ1v) is 42.3. The van der Waals surface area contributed by atoms with E-state index in [9.17, 15) is 5.26 Å². The van der Waals surface area contributed by atoms with Crippen molar-refractivity contribution in [3.8, 4) is 105 Å². The molecule has 8 nitrogen and oxygen atoms in total. The van der Waals surface area contributed by atoms with Gasteiger partial charge in [0.2, 0.25) is 5.69 Å². The van der Waals surface area contributed by atoms with Crippen molar-refractivity contribution in [1.29, 1.82) is 5.26 Å². The van der Waals surface area contributed by atoms with Crippen molar-refractivity contribution in [2.24, 2.45) is 22.9 Å². The molecule has 0 radical (unpaired) electrons. The molecular formula is C74H66N8S14. The zero-order valence-corrected chi connectivity index (χ0v) is 64.8. The Morgan fingerprint density at radius 1 is 0.365 bits per heavy atom. The normalized spacial score (nSPS) is 11.1. The van der Waals surface area contributed by atoms with Gasteiger partial charge in [-0.15, -0.1) is 147 Å². The lowest BCUT2D eigenvalue weighted by molar-refractivity contribution is 0.989. The molecule has 0 saturated heterocycles. The number of aromatic nitrogens is 2. The maximum atomic E-state index is 9.80. The molecular weight excluding hydrogens is 1450 g/mol. The summed E-state index contributed by atoms with van der Waals surface area (Å²) in [6.45, 7) is 23.4. The predicted molar refractivity (Wildman–Crippen MR) is 434 cm³/mol. The van der Waals surface area contributed by atoms with E-state index in [0.717, 1.165) is 80.4 Å². The number of thiophene rings is 13. The first-order valence-electron chi connectivity index (χ1n) is 30.7. The minimum atomic E-state index is 0.479. The smallest absolute Gasteiger partial charge is 0.224 e. The molecule has 0 atom stereocenters. The van der Waals surface area contributed by atoms with Crippen LogP contribution in [0, 0.1) is 59.4 Å². The number of nitriles is 1. The van der Waals surface area contributed by atoms with Crippen molar-refractivity contribution in [1.82, 2.24) is 8.75 Å². The molecule has 0 aliphatic rings. The lowest BCUT2D eigenvalue weighted by Gasteiger charge is -2.06. The number of nitrogens with zero attached hydrogens (tertiary/aromatic N) is 4. The van der Waals surface area contributed by atoms with E-state index < -0.39 is 0 Å². The molecule has 8 N–H and O–H groups in total. The third-order valence-corrected chi connectivity index (χ3v) is 32.1. The summed E-state index contributed by atoms with van der Waals surface area (Å²) >= 11 is 24.5. The van der Waals surface area contributed by atoms with Crippen LogP contribution in [-0.2, 0) is 25.7 Å². The van der Waals surface area contributed by atoms with E-state index in [1.807, 2.05) is 91.7 Å². The van der Waals surface area contributed by atoms with E-state index in [1.165, 1.54) is 133 Å². The maximum Gasteiger partial charge on any atom is 0.224 e. The van der Waals surface area contributed by atoms with Gasteiger partial charge in [-0.2, -0.15) is 14.0 Å². The Labute approximate surface area is 617 Å². The number of rotatable bonds is 18. The zero-order chi connectivity index (χ0) is 67.0. The van der Waals surface area contributed by atoms with E-state index >= 15 is 0 Å². The van der Waals surface area contributed by atoms with Gasteiger partial charge in [0, 0.05) is 109 Å². The summed E-state index contributed by atoms with van der Waals surface area (Å²) in [4.78, 5) is 31.7. The molecule has 0 fully saturated rings. The largest absolute Gasteiger partial charge is 0.330 e. The summed E-state index contributed by atoms with van der Waals surface area (Å²) in [6, 6.07) is 46.2. The monoisotopic (exact) mass is 1510 g/mol. The highest BCUT2D eigenvalue weighted by molar-refractivity contribution is 7.30. The summed E-state index contributed by atoms with van der Waals surface area (Å²) in [5.41, 5.74) is 35.5. The molecule has 15 aromatic rings. The number of nitrogens with two attached hydrogens (primary N) is 4. The highest BCUT2D eigenvalue weighted by atomic mass is 32.2. The van der Waals surface area contributed by atoms with Gasteiger partial charge in [0.15, 0.2) is 0 Å². The third kappa shape index (κ3) is 15.5. The van der Waals surface area contributed by atoms with Crippen LogP contribution in [0.3, 0.4) is 0 Å². The summed E-state index contributed by atoms with van der Waals surface area (Å²) in [7, 11) is 0. The van der Waals surface area contributed by atoms with Crippen LogP contribution in [0.5, 0.6) is 0 Å². The fourth-order valence-electron chi connectivity index (χ4n) is 10.8. The number of aryl methyl sites for hydroxylation is 6. The minimum Gasteiger partial charge on any atom is -0.330 e. The first kappa shape index (κ1) is 69.8. The van der Waals surface area contributed by atoms with E-state index in [-0.39, 0.29) is 0 Å². The van der Waals surface area contributed by atoms with E-state index in [1.54, 1.807) is 68.0 Å². The summed E-state index contributed by atoms with van der Waals surface area (Å²) in [5.74, 6) is 0. The summed E-state index contributed by atoms with van der Waals surface area (Å²) in [5, 5.41) is 18.3. The molecule has 0 spiro atoms. The Hall–Kier alpha value is -6.04. The Bertz CT molecular complexity index is 5160. The molecule has 0 unspecified atom stereocenters. The number of hydrogen-bond acceptors (Lipinski definition) is 21. The highest BCUT2D eigenvalue weighted by Gasteiger charge is 2.26. The average molecular weight is 1520 g/mol. The molecule has 15 rings (SSSR count). The molecule has 486 valence electrons. The minimum absolute atomic E-state index is 0.479. The van der Waals surface area contributed by atoms with Crippen LogP contribution in [-0.4, -0.2) is 34.9 Å². The van der Waals surface area contributed by atoms with Crippen molar-refractivity contribution in [2.45, 2.75) is 67.2 Å². The van der Waals surface area contributed by atoms with Gasteiger partial charge in [-0.25, -0.2) is 4.85 Å². The lowest BCUT2D eigenvalue weighted by Crippen LogP contribution is -2.00. The Morgan fingerprint density at radius 3 is 1.23 bits per heavy atom. The third-order valence-electron chi connectivity index (χ3n) is 15.5. The average Bonchev–Trinajstić information content (AvgIpc) is 1.34. The van der Waals surface area contributed by atoms with Gasteiger partial charge in [-0.3, -0.25) is 0 Å². The Morgan fingerprint density at radius 2 is 0.781 bits per heavy atom. The number of fused-ring (bicyclic) bond motifs is 1.